The topological polar surface area (TPSA) is 148 Å². The van der Waals surface area contributed by atoms with Crippen LogP contribution in [0.4, 0.5) is 0 Å². The van der Waals surface area contributed by atoms with Crippen LogP contribution < -0.4 is 24.4 Å². The molecule has 0 saturated carbocycles. The predicted octanol–water partition coefficient (Wildman–Crippen LogP) is 10.2. The molecule has 12 nitrogen and oxygen atoms in total. The minimum atomic E-state index is -0.589. The second-order valence-corrected chi connectivity index (χ2v) is 15.1. The summed E-state index contributed by atoms with van der Waals surface area (Å²) < 4.78 is 33.4. The fraction of sp³-hybridized carbons (Fsp3) is 0.264. The predicted molar refractivity (Wildman–Crippen MR) is 249 cm³/mol. The largest absolute Gasteiger partial charge is 0.494 e. The maximum Gasteiger partial charge on any atom is 0.343 e. The van der Waals surface area contributed by atoms with Gasteiger partial charge in [0.25, 0.3) is 0 Å². The highest BCUT2D eigenvalue weighted by molar-refractivity contribution is 5.94. The van der Waals surface area contributed by atoms with Gasteiger partial charge in [-0.05, 0) is 140 Å². The van der Waals surface area contributed by atoms with E-state index >= 15 is 0 Å². The normalized spacial score (nSPS) is 11.5. The van der Waals surface area contributed by atoms with Crippen molar-refractivity contribution in [3.8, 4) is 34.1 Å². The molecule has 0 saturated heterocycles. The number of esters is 4. The molecule has 0 atom stereocenters. The highest BCUT2D eigenvalue weighted by atomic mass is 16.5. The Morgan fingerprint density at radius 1 is 0.538 bits per heavy atom. The van der Waals surface area contributed by atoms with Gasteiger partial charge in [0.15, 0.2) is 0 Å². The molecule has 65 heavy (non-hydrogen) atoms. The molecule has 0 bridgehead atoms. The molecule has 5 aromatic carbocycles. The second kappa shape index (κ2) is 25.0. The molecule has 0 fully saturated rings. The molecule has 5 aromatic rings. The third kappa shape index (κ3) is 14.3. The van der Waals surface area contributed by atoms with Gasteiger partial charge in [0, 0.05) is 30.2 Å². The van der Waals surface area contributed by atoms with Crippen molar-refractivity contribution < 1.29 is 47.6 Å². The van der Waals surface area contributed by atoms with Gasteiger partial charge in [-0.3, -0.25) is 0 Å². The van der Waals surface area contributed by atoms with Crippen LogP contribution in [0, 0.1) is 0 Å². The summed E-state index contributed by atoms with van der Waals surface area (Å²) in [5, 5.41) is 4.54. The number of hydrogen-bond donors (Lipinski definition) is 1. The van der Waals surface area contributed by atoms with E-state index in [9.17, 15) is 19.2 Å². The van der Waals surface area contributed by atoms with Crippen molar-refractivity contribution in [2.45, 2.75) is 57.3 Å². The minimum absolute atomic E-state index is 0.0838. The van der Waals surface area contributed by atoms with Crippen LogP contribution in [0.2, 0.25) is 0 Å². The number of hydrogen-bond acceptors (Lipinski definition) is 12. The van der Waals surface area contributed by atoms with E-state index in [1.165, 1.54) is 22.3 Å². The van der Waals surface area contributed by atoms with E-state index in [0.717, 1.165) is 63.5 Å². The summed E-state index contributed by atoms with van der Waals surface area (Å²) in [6.07, 6.45) is 10.7. The zero-order valence-corrected chi connectivity index (χ0v) is 36.4. The molecule has 0 spiro atoms. The summed E-state index contributed by atoms with van der Waals surface area (Å²) in [6, 6.07) is 34.8. The van der Waals surface area contributed by atoms with Gasteiger partial charge in [0.2, 0.25) is 0 Å². The molecule has 0 aliphatic heterocycles. The third-order valence-corrected chi connectivity index (χ3v) is 10.6. The molecular formula is C53H54N2O10. The molecule has 1 aliphatic carbocycles. The van der Waals surface area contributed by atoms with E-state index in [2.05, 4.69) is 48.0 Å². The van der Waals surface area contributed by atoms with Crippen molar-refractivity contribution in [2.24, 2.45) is 5.10 Å². The number of carbonyl (C=O) groups is 4. The van der Waals surface area contributed by atoms with Gasteiger partial charge in [-0.25, -0.2) is 19.2 Å². The van der Waals surface area contributed by atoms with Crippen molar-refractivity contribution >= 4 is 30.1 Å². The number of carbonyl (C=O) groups excluding carboxylic acids is 4. The number of nitrogens with zero attached hydrogens (tertiary/aromatic N) is 1. The van der Waals surface area contributed by atoms with Gasteiger partial charge in [-0.1, -0.05) is 61.7 Å². The number of rotatable bonds is 26. The zero-order valence-electron chi connectivity index (χ0n) is 36.4. The van der Waals surface area contributed by atoms with Crippen molar-refractivity contribution in [1.29, 1.82) is 0 Å². The number of unbranched alkanes of at least 4 members (excludes halogenated alkanes) is 6. The van der Waals surface area contributed by atoms with Gasteiger partial charge in [-0.15, -0.1) is 0 Å². The van der Waals surface area contributed by atoms with E-state index in [1.54, 1.807) is 72.9 Å². The Morgan fingerprint density at radius 2 is 1.00 bits per heavy atom. The van der Waals surface area contributed by atoms with Crippen LogP contribution in [0.3, 0.4) is 0 Å². The van der Waals surface area contributed by atoms with Crippen molar-refractivity contribution in [3.05, 3.63) is 168 Å². The SMILES string of the molecule is C=CC(=O)OCCCCCCOc1ccc(C(=O)Oc2ccc(OC(=O)c3ccc(OCCCCCCOC(=O)C=C)cc3)c(/C=N/NCC3c4ccccc4-c4ccccc43)c2)cc1. The third-order valence-electron chi connectivity index (χ3n) is 10.6. The van der Waals surface area contributed by atoms with Crippen LogP contribution in [-0.4, -0.2) is 63.1 Å². The monoisotopic (exact) mass is 878 g/mol. The van der Waals surface area contributed by atoms with E-state index in [4.69, 9.17) is 28.4 Å². The lowest BCUT2D eigenvalue weighted by atomic mass is 9.97. The van der Waals surface area contributed by atoms with E-state index in [0.29, 0.717) is 61.2 Å². The zero-order chi connectivity index (χ0) is 45.6. The van der Waals surface area contributed by atoms with Gasteiger partial charge >= 0.3 is 23.9 Å². The van der Waals surface area contributed by atoms with Crippen molar-refractivity contribution in [1.82, 2.24) is 5.43 Å². The van der Waals surface area contributed by atoms with Gasteiger partial charge in [0.05, 0.1) is 43.8 Å². The highest BCUT2D eigenvalue weighted by Gasteiger charge is 2.27. The Hall–Kier alpha value is -7.47. The summed E-state index contributed by atoms with van der Waals surface area (Å²) in [5.41, 5.74) is 9.09. The lowest BCUT2D eigenvalue weighted by Gasteiger charge is -2.13. The van der Waals surface area contributed by atoms with Crippen LogP contribution in [0.5, 0.6) is 23.0 Å². The molecule has 0 unspecified atom stereocenters. The first-order valence-electron chi connectivity index (χ1n) is 21.9. The maximum absolute atomic E-state index is 13.4. The number of benzene rings is 5. The lowest BCUT2D eigenvalue weighted by molar-refractivity contribution is -0.138. The molecule has 12 heteroatoms. The smallest absolute Gasteiger partial charge is 0.343 e. The Balaban J connectivity index is 1.05. The van der Waals surface area contributed by atoms with Gasteiger partial charge in [-0.2, -0.15) is 5.10 Å². The first-order valence-corrected chi connectivity index (χ1v) is 21.9. The van der Waals surface area contributed by atoms with Crippen molar-refractivity contribution in [2.75, 3.05) is 33.0 Å². The molecule has 336 valence electrons. The molecule has 1 N–H and O–H groups in total. The molecule has 0 heterocycles. The van der Waals surface area contributed by atoms with E-state index in [-0.39, 0.29) is 17.4 Å². The first-order chi connectivity index (χ1) is 31.8. The number of ether oxygens (including phenoxy) is 6. The average molecular weight is 879 g/mol. The van der Waals surface area contributed by atoms with Crippen molar-refractivity contribution in [3.63, 3.8) is 0 Å². The van der Waals surface area contributed by atoms with Crippen LogP contribution in [0.1, 0.15) is 94.7 Å². The fourth-order valence-corrected chi connectivity index (χ4v) is 7.18. The molecule has 0 aromatic heterocycles. The van der Waals surface area contributed by atoms with E-state index in [1.807, 2.05) is 24.3 Å². The summed E-state index contributed by atoms with van der Waals surface area (Å²) in [7, 11) is 0. The Kier molecular flexibility index (Phi) is 18.1. The Bertz CT molecular complexity index is 2380. The molecule has 6 rings (SSSR count). The summed E-state index contributed by atoms with van der Waals surface area (Å²) in [4.78, 5) is 49.0. The van der Waals surface area contributed by atoms with Gasteiger partial charge in [0.1, 0.15) is 23.0 Å². The molecular weight excluding hydrogens is 825 g/mol. The first kappa shape index (κ1) is 47.0. The quantitative estimate of drug-likeness (QED) is 0.0141. The second-order valence-electron chi connectivity index (χ2n) is 15.1. The molecule has 0 amide bonds. The lowest BCUT2D eigenvalue weighted by Crippen LogP contribution is -2.16. The number of fused-ring (bicyclic) bond motifs is 3. The molecule has 1 aliphatic rings. The molecule has 0 radical (unpaired) electrons. The maximum atomic E-state index is 13.4. The number of hydrazone groups is 1. The van der Waals surface area contributed by atoms with Crippen LogP contribution in [0.25, 0.3) is 11.1 Å². The fourth-order valence-electron chi connectivity index (χ4n) is 7.18. The van der Waals surface area contributed by atoms with Crippen LogP contribution in [-0.2, 0) is 19.1 Å². The minimum Gasteiger partial charge on any atom is -0.494 e. The Labute approximate surface area is 379 Å². The number of nitrogens with one attached hydrogen (secondary N) is 1. The van der Waals surface area contributed by atoms with E-state index < -0.39 is 23.9 Å². The van der Waals surface area contributed by atoms with Gasteiger partial charge < -0.3 is 33.8 Å². The summed E-state index contributed by atoms with van der Waals surface area (Å²) in [6.45, 7) is 9.04. The summed E-state index contributed by atoms with van der Waals surface area (Å²) >= 11 is 0. The van der Waals surface area contributed by atoms with Crippen LogP contribution in [0.15, 0.2) is 146 Å². The average Bonchev–Trinajstić information content (AvgIpc) is 3.66. The standard InChI is InChI=1S/C53H54N2O10/c1-3-50(56)62-33-15-7-5-13-31-60-41-25-21-38(22-26-41)52(58)64-43-29-30-49(65-53(59)39-23-27-42(28-24-39)61-32-14-6-8-16-34-63-51(57)4-2)40(35-43)36-54-55-37-48-46-19-11-9-17-44(46)45-18-10-12-20-47(45)48/h3-4,9-12,17-30,35-36,48,55H,1-2,5-8,13-16,31-34,37H2/b54-36+. The van der Waals surface area contributed by atoms with Crippen LogP contribution >= 0.6 is 0 Å². The summed E-state index contributed by atoms with van der Waals surface area (Å²) in [5.74, 6) is -0.221. The highest BCUT2D eigenvalue weighted by Crippen LogP contribution is 2.44. The Morgan fingerprint density at radius 3 is 1.51 bits per heavy atom.